The molecule has 0 fully saturated rings. The topological polar surface area (TPSA) is 70.1 Å². The highest BCUT2D eigenvalue weighted by molar-refractivity contribution is 5.93. The standard InChI is InChI=1S/C14H13N3O2/c15-6-3-8-17(11-13-5-2-9-19-13)14(18)12-4-1-7-16-10-12/h1-2,4-5,7,9-10H,3,8,11H2. The number of pyridine rings is 1. The number of rotatable bonds is 5. The van der Waals surface area contributed by atoms with Crippen LogP contribution in [-0.4, -0.2) is 22.3 Å². The van der Waals surface area contributed by atoms with Crippen LogP contribution in [0.15, 0.2) is 47.3 Å². The Balaban J connectivity index is 2.13. The molecule has 5 nitrogen and oxygen atoms in total. The van der Waals surface area contributed by atoms with Gasteiger partial charge >= 0.3 is 0 Å². The van der Waals surface area contributed by atoms with E-state index in [9.17, 15) is 4.79 Å². The average molecular weight is 255 g/mol. The smallest absolute Gasteiger partial charge is 0.255 e. The van der Waals surface area contributed by atoms with Gasteiger partial charge in [0.05, 0.1) is 30.9 Å². The molecule has 2 aromatic rings. The molecule has 0 aliphatic carbocycles. The van der Waals surface area contributed by atoms with Crippen molar-refractivity contribution in [2.24, 2.45) is 0 Å². The molecule has 0 bridgehead atoms. The van der Waals surface area contributed by atoms with Crippen molar-refractivity contribution in [1.29, 1.82) is 5.26 Å². The minimum atomic E-state index is -0.153. The third kappa shape index (κ3) is 3.42. The molecule has 19 heavy (non-hydrogen) atoms. The number of aromatic nitrogens is 1. The monoisotopic (exact) mass is 255 g/mol. The van der Waals surface area contributed by atoms with Crippen LogP contribution >= 0.6 is 0 Å². The average Bonchev–Trinajstić information content (AvgIpc) is 2.96. The van der Waals surface area contributed by atoms with Crippen molar-refractivity contribution < 1.29 is 9.21 Å². The number of nitriles is 1. The molecular weight excluding hydrogens is 242 g/mol. The highest BCUT2D eigenvalue weighted by Crippen LogP contribution is 2.10. The normalized spacial score (nSPS) is 9.84. The number of carbonyl (C=O) groups excluding carboxylic acids is 1. The number of amides is 1. The number of furan rings is 1. The second kappa shape index (κ2) is 6.36. The maximum Gasteiger partial charge on any atom is 0.255 e. The van der Waals surface area contributed by atoms with Gasteiger partial charge in [-0.15, -0.1) is 0 Å². The van der Waals surface area contributed by atoms with E-state index in [0.29, 0.717) is 24.4 Å². The Hall–Kier alpha value is -2.61. The molecule has 5 heteroatoms. The molecule has 0 spiro atoms. The Morgan fingerprint density at radius 2 is 2.32 bits per heavy atom. The maximum atomic E-state index is 12.3. The second-order valence-corrected chi connectivity index (χ2v) is 3.96. The molecule has 2 rings (SSSR count). The first-order valence-electron chi connectivity index (χ1n) is 5.90. The van der Waals surface area contributed by atoms with Crippen LogP contribution in [0.2, 0.25) is 0 Å². The van der Waals surface area contributed by atoms with Gasteiger partial charge in [0.1, 0.15) is 5.76 Å². The van der Waals surface area contributed by atoms with Gasteiger partial charge in [-0.3, -0.25) is 9.78 Å². The van der Waals surface area contributed by atoms with E-state index in [4.69, 9.17) is 9.68 Å². The summed E-state index contributed by atoms with van der Waals surface area (Å²) in [6.07, 6.45) is 4.98. The first-order valence-corrected chi connectivity index (χ1v) is 5.90. The van der Waals surface area contributed by atoms with E-state index in [-0.39, 0.29) is 12.3 Å². The van der Waals surface area contributed by atoms with Crippen molar-refractivity contribution in [3.05, 3.63) is 54.2 Å². The molecule has 0 unspecified atom stereocenters. The van der Waals surface area contributed by atoms with Crippen LogP contribution in [0, 0.1) is 11.3 Å². The molecule has 0 saturated heterocycles. The fourth-order valence-electron chi connectivity index (χ4n) is 1.70. The Kier molecular flexibility index (Phi) is 4.29. The second-order valence-electron chi connectivity index (χ2n) is 3.96. The van der Waals surface area contributed by atoms with Gasteiger partial charge in [-0.2, -0.15) is 5.26 Å². The largest absolute Gasteiger partial charge is 0.467 e. The van der Waals surface area contributed by atoms with E-state index in [1.54, 1.807) is 41.6 Å². The molecule has 1 amide bonds. The van der Waals surface area contributed by atoms with Gasteiger partial charge in [-0.25, -0.2) is 0 Å². The lowest BCUT2D eigenvalue weighted by Crippen LogP contribution is -2.31. The van der Waals surface area contributed by atoms with E-state index in [1.165, 1.54) is 6.20 Å². The van der Waals surface area contributed by atoms with Crippen LogP contribution < -0.4 is 0 Å². The van der Waals surface area contributed by atoms with Crippen molar-refractivity contribution in [2.75, 3.05) is 6.54 Å². The number of carbonyl (C=O) groups is 1. The van der Waals surface area contributed by atoms with Crippen molar-refractivity contribution in [3.8, 4) is 6.07 Å². The molecular formula is C14H13N3O2. The van der Waals surface area contributed by atoms with Crippen molar-refractivity contribution >= 4 is 5.91 Å². The fourth-order valence-corrected chi connectivity index (χ4v) is 1.70. The minimum Gasteiger partial charge on any atom is -0.467 e. The number of hydrogen-bond donors (Lipinski definition) is 0. The summed E-state index contributed by atoms with van der Waals surface area (Å²) >= 11 is 0. The molecule has 0 aromatic carbocycles. The van der Waals surface area contributed by atoms with E-state index in [2.05, 4.69) is 4.98 Å². The highest BCUT2D eigenvalue weighted by Gasteiger charge is 2.16. The zero-order chi connectivity index (χ0) is 13.5. The van der Waals surface area contributed by atoms with E-state index >= 15 is 0 Å². The third-order valence-corrected chi connectivity index (χ3v) is 2.62. The molecule has 96 valence electrons. The summed E-state index contributed by atoms with van der Waals surface area (Å²) in [5, 5.41) is 8.67. The summed E-state index contributed by atoms with van der Waals surface area (Å²) in [6.45, 7) is 0.716. The molecule has 0 aliphatic rings. The first-order chi connectivity index (χ1) is 9.31. The van der Waals surface area contributed by atoms with Crippen molar-refractivity contribution in [1.82, 2.24) is 9.88 Å². The minimum absolute atomic E-state index is 0.153. The summed E-state index contributed by atoms with van der Waals surface area (Å²) in [7, 11) is 0. The highest BCUT2D eigenvalue weighted by atomic mass is 16.3. The summed E-state index contributed by atoms with van der Waals surface area (Å²) in [5.41, 5.74) is 0.506. The van der Waals surface area contributed by atoms with E-state index in [1.807, 2.05) is 6.07 Å². The van der Waals surface area contributed by atoms with Crippen molar-refractivity contribution in [2.45, 2.75) is 13.0 Å². The number of nitrogens with zero attached hydrogens (tertiary/aromatic N) is 3. The third-order valence-electron chi connectivity index (χ3n) is 2.62. The number of hydrogen-bond acceptors (Lipinski definition) is 4. The lowest BCUT2D eigenvalue weighted by molar-refractivity contribution is 0.0735. The zero-order valence-electron chi connectivity index (χ0n) is 10.3. The van der Waals surface area contributed by atoms with Gasteiger partial charge in [0, 0.05) is 18.9 Å². The molecule has 2 heterocycles. The molecule has 2 aromatic heterocycles. The molecule has 0 aliphatic heterocycles. The first kappa shape index (κ1) is 12.8. The van der Waals surface area contributed by atoms with Crippen LogP contribution in [-0.2, 0) is 6.54 Å². The van der Waals surface area contributed by atoms with Crippen LogP contribution in [0.4, 0.5) is 0 Å². The van der Waals surface area contributed by atoms with Gasteiger partial charge in [0.2, 0.25) is 0 Å². The zero-order valence-corrected chi connectivity index (χ0v) is 10.3. The van der Waals surface area contributed by atoms with Gasteiger partial charge in [0.15, 0.2) is 0 Å². The van der Waals surface area contributed by atoms with Crippen LogP contribution in [0.5, 0.6) is 0 Å². The predicted molar refractivity (Wildman–Crippen MR) is 67.9 cm³/mol. The summed E-state index contributed by atoms with van der Waals surface area (Å²) in [6, 6.07) is 9.03. The van der Waals surface area contributed by atoms with Gasteiger partial charge in [-0.05, 0) is 24.3 Å². The van der Waals surface area contributed by atoms with Gasteiger partial charge < -0.3 is 9.32 Å². The van der Waals surface area contributed by atoms with Crippen LogP contribution in [0.3, 0.4) is 0 Å². The maximum absolute atomic E-state index is 12.3. The predicted octanol–water partition coefficient (Wildman–Crippen LogP) is 2.23. The summed E-state index contributed by atoms with van der Waals surface area (Å²) in [4.78, 5) is 17.8. The van der Waals surface area contributed by atoms with Gasteiger partial charge in [0.25, 0.3) is 5.91 Å². The quantitative estimate of drug-likeness (QED) is 0.821. The molecule has 0 atom stereocenters. The van der Waals surface area contributed by atoms with E-state index < -0.39 is 0 Å². The Labute approximate surface area is 111 Å². The van der Waals surface area contributed by atoms with Crippen LogP contribution in [0.25, 0.3) is 0 Å². The Bertz CT molecular complexity index is 558. The summed E-state index contributed by atoms with van der Waals surface area (Å²) in [5.74, 6) is 0.537. The van der Waals surface area contributed by atoms with Crippen LogP contribution in [0.1, 0.15) is 22.5 Å². The Morgan fingerprint density at radius 1 is 1.42 bits per heavy atom. The lowest BCUT2D eigenvalue weighted by atomic mass is 10.2. The lowest BCUT2D eigenvalue weighted by Gasteiger charge is -2.20. The molecule has 0 saturated carbocycles. The fraction of sp³-hybridized carbons (Fsp3) is 0.214. The van der Waals surface area contributed by atoms with Gasteiger partial charge in [-0.1, -0.05) is 0 Å². The van der Waals surface area contributed by atoms with Crippen molar-refractivity contribution in [3.63, 3.8) is 0 Å². The Morgan fingerprint density at radius 3 is 2.95 bits per heavy atom. The SMILES string of the molecule is N#CCCN(Cc1ccco1)C(=O)c1cccnc1. The summed E-state index contributed by atoms with van der Waals surface area (Å²) < 4.78 is 5.24. The molecule has 0 N–H and O–H groups in total. The molecule has 0 radical (unpaired) electrons. The van der Waals surface area contributed by atoms with E-state index in [0.717, 1.165) is 0 Å².